The third-order valence-electron chi connectivity index (χ3n) is 6.14. The number of rotatable bonds is 11. The SMILES string of the molecule is COc1ccccc1NC(=O)C(Oc1cccc(-c2sc(C(=O)O)c(OCC(=O)O)c2Cl)c1)C1CCNCC1. The Kier molecular flexibility index (Phi) is 9.28. The van der Waals surface area contributed by atoms with Gasteiger partial charge in [0.25, 0.3) is 5.91 Å². The fourth-order valence-corrected chi connectivity index (χ4v) is 5.71. The van der Waals surface area contributed by atoms with Gasteiger partial charge in [0, 0.05) is 5.92 Å². The van der Waals surface area contributed by atoms with Crippen LogP contribution in [0.15, 0.2) is 48.5 Å². The zero-order valence-electron chi connectivity index (χ0n) is 20.9. The van der Waals surface area contributed by atoms with Crippen molar-refractivity contribution >= 4 is 46.5 Å². The minimum Gasteiger partial charge on any atom is -0.495 e. The molecular weight excluding hydrogens is 548 g/mol. The molecule has 1 atom stereocenters. The van der Waals surface area contributed by atoms with E-state index in [2.05, 4.69) is 10.6 Å². The molecule has 10 nitrogen and oxygen atoms in total. The number of halogens is 1. The molecule has 1 saturated heterocycles. The Morgan fingerprint density at radius 3 is 2.56 bits per heavy atom. The summed E-state index contributed by atoms with van der Waals surface area (Å²) in [5.41, 5.74) is 1.06. The number of hydrogen-bond acceptors (Lipinski definition) is 8. The van der Waals surface area contributed by atoms with Gasteiger partial charge in [-0.25, -0.2) is 9.59 Å². The monoisotopic (exact) mass is 574 g/mol. The number of carbonyl (C=O) groups is 3. The zero-order valence-corrected chi connectivity index (χ0v) is 22.5. The van der Waals surface area contributed by atoms with Crippen molar-refractivity contribution in [1.82, 2.24) is 5.32 Å². The minimum atomic E-state index is -1.29. The average Bonchev–Trinajstić information content (AvgIpc) is 3.27. The van der Waals surface area contributed by atoms with Crippen molar-refractivity contribution in [3.05, 3.63) is 58.4 Å². The van der Waals surface area contributed by atoms with E-state index in [9.17, 15) is 19.5 Å². The second-order valence-corrected chi connectivity index (χ2v) is 10.1. The number of aromatic carboxylic acids is 1. The average molecular weight is 575 g/mol. The van der Waals surface area contributed by atoms with Gasteiger partial charge >= 0.3 is 11.9 Å². The molecule has 0 aliphatic carbocycles. The second kappa shape index (κ2) is 12.8. The van der Waals surface area contributed by atoms with Gasteiger partial charge in [-0.3, -0.25) is 4.79 Å². The summed E-state index contributed by atoms with van der Waals surface area (Å²) in [6.07, 6.45) is 0.675. The van der Waals surface area contributed by atoms with Crippen LogP contribution in [-0.4, -0.2) is 61.0 Å². The number of benzene rings is 2. The number of carboxylic acid groups (broad SMARTS) is 2. The highest BCUT2D eigenvalue weighted by atomic mass is 35.5. The van der Waals surface area contributed by atoms with E-state index in [4.69, 9.17) is 30.9 Å². The maximum absolute atomic E-state index is 13.5. The molecule has 1 fully saturated rings. The molecule has 0 radical (unpaired) electrons. The standard InChI is InChI=1S/C27H27ClN2O8S/c1-36-19-8-3-2-7-18(19)30-26(33)22(15-9-11-29-12-10-15)38-17-6-4-5-16(13-17)24-21(28)23(37-14-20(31)32)25(39-24)27(34)35/h2-8,13,15,22,29H,9-12,14H2,1H3,(H,30,33)(H,31,32)(H,34,35). The summed E-state index contributed by atoms with van der Waals surface area (Å²) >= 11 is 7.31. The van der Waals surface area contributed by atoms with E-state index in [1.54, 1.807) is 42.5 Å². The Bertz CT molecular complexity index is 1360. The molecule has 2 heterocycles. The van der Waals surface area contributed by atoms with Gasteiger partial charge < -0.3 is 35.1 Å². The predicted octanol–water partition coefficient (Wildman–Crippen LogP) is 4.62. The van der Waals surface area contributed by atoms with E-state index in [-0.39, 0.29) is 27.5 Å². The van der Waals surface area contributed by atoms with Crippen molar-refractivity contribution in [2.45, 2.75) is 18.9 Å². The summed E-state index contributed by atoms with van der Waals surface area (Å²) in [4.78, 5) is 36.4. The Labute approximate surface area is 233 Å². The van der Waals surface area contributed by atoms with Gasteiger partial charge in [0.2, 0.25) is 0 Å². The molecule has 1 aliphatic rings. The van der Waals surface area contributed by atoms with E-state index in [1.165, 1.54) is 7.11 Å². The van der Waals surface area contributed by atoms with E-state index in [0.29, 0.717) is 27.6 Å². The first-order chi connectivity index (χ1) is 18.8. The third kappa shape index (κ3) is 6.80. The Balaban J connectivity index is 1.63. The van der Waals surface area contributed by atoms with Crippen molar-refractivity contribution < 1.29 is 38.8 Å². The fraction of sp³-hybridized carbons (Fsp3) is 0.296. The highest BCUT2D eigenvalue weighted by Crippen LogP contribution is 2.46. The largest absolute Gasteiger partial charge is 0.495 e. The summed E-state index contributed by atoms with van der Waals surface area (Å²) in [6, 6.07) is 13.9. The number of nitrogens with one attached hydrogen (secondary N) is 2. The number of carboxylic acids is 2. The maximum atomic E-state index is 13.5. The van der Waals surface area contributed by atoms with Gasteiger partial charge in [-0.1, -0.05) is 35.9 Å². The fourth-order valence-electron chi connectivity index (χ4n) is 4.31. The Hall–Kier alpha value is -3.80. The molecule has 4 N–H and O–H groups in total. The van der Waals surface area contributed by atoms with Crippen LogP contribution in [0.2, 0.25) is 5.02 Å². The highest BCUT2D eigenvalue weighted by molar-refractivity contribution is 7.18. The number of para-hydroxylation sites is 2. The molecule has 1 amide bonds. The molecule has 12 heteroatoms. The predicted molar refractivity (Wildman–Crippen MR) is 146 cm³/mol. The van der Waals surface area contributed by atoms with Crippen LogP contribution in [0.25, 0.3) is 10.4 Å². The number of anilines is 1. The number of ether oxygens (including phenoxy) is 3. The summed E-state index contributed by atoms with van der Waals surface area (Å²) in [5, 5.41) is 24.7. The van der Waals surface area contributed by atoms with Crippen molar-refractivity contribution in [3.63, 3.8) is 0 Å². The van der Waals surface area contributed by atoms with Gasteiger partial charge in [-0.2, -0.15) is 0 Å². The number of methoxy groups -OCH3 is 1. The lowest BCUT2D eigenvalue weighted by atomic mass is 9.91. The molecule has 2 aromatic carbocycles. The first-order valence-corrected chi connectivity index (χ1v) is 13.3. The molecule has 3 aromatic rings. The molecule has 0 spiro atoms. The van der Waals surface area contributed by atoms with Gasteiger partial charge in [0.15, 0.2) is 23.3 Å². The number of aliphatic carboxylic acids is 1. The van der Waals surface area contributed by atoms with Crippen LogP contribution in [0.5, 0.6) is 17.2 Å². The summed E-state index contributed by atoms with van der Waals surface area (Å²) < 4.78 is 16.8. The second-order valence-electron chi connectivity index (χ2n) is 8.73. The zero-order chi connectivity index (χ0) is 27.9. The number of carbonyl (C=O) groups excluding carboxylic acids is 1. The van der Waals surface area contributed by atoms with Crippen LogP contribution >= 0.6 is 22.9 Å². The summed E-state index contributed by atoms with van der Waals surface area (Å²) in [5.74, 6) is -2.21. The van der Waals surface area contributed by atoms with Crippen molar-refractivity contribution in [3.8, 4) is 27.7 Å². The highest BCUT2D eigenvalue weighted by Gasteiger charge is 2.32. The molecule has 1 aliphatic heterocycles. The molecule has 1 unspecified atom stereocenters. The normalized spacial score (nSPS) is 14.3. The first kappa shape index (κ1) is 28.2. The first-order valence-electron chi connectivity index (χ1n) is 12.1. The van der Waals surface area contributed by atoms with Crippen molar-refractivity contribution in [2.75, 3.05) is 32.1 Å². The molecular formula is C27H27ClN2O8S. The van der Waals surface area contributed by atoms with Gasteiger partial charge in [-0.15, -0.1) is 11.3 Å². The van der Waals surface area contributed by atoms with Crippen LogP contribution in [-0.2, 0) is 9.59 Å². The van der Waals surface area contributed by atoms with Crippen LogP contribution in [0, 0.1) is 5.92 Å². The van der Waals surface area contributed by atoms with Crippen LogP contribution in [0.4, 0.5) is 5.69 Å². The van der Waals surface area contributed by atoms with Gasteiger partial charge in [0.1, 0.15) is 16.5 Å². The van der Waals surface area contributed by atoms with Crippen molar-refractivity contribution in [1.29, 1.82) is 0 Å². The van der Waals surface area contributed by atoms with Gasteiger partial charge in [-0.05, 0) is 55.8 Å². The molecule has 4 rings (SSSR count). The van der Waals surface area contributed by atoms with Crippen LogP contribution < -0.4 is 24.8 Å². The Morgan fingerprint density at radius 2 is 1.87 bits per heavy atom. The molecule has 0 saturated carbocycles. The summed E-state index contributed by atoms with van der Waals surface area (Å²) in [7, 11) is 1.53. The van der Waals surface area contributed by atoms with E-state index in [0.717, 1.165) is 37.3 Å². The number of hydrogen-bond donors (Lipinski definition) is 4. The molecule has 39 heavy (non-hydrogen) atoms. The minimum absolute atomic E-state index is 0.0142. The van der Waals surface area contributed by atoms with Crippen molar-refractivity contribution in [2.24, 2.45) is 5.92 Å². The van der Waals surface area contributed by atoms with E-state index >= 15 is 0 Å². The van der Waals surface area contributed by atoms with Gasteiger partial charge in [0.05, 0.1) is 17.7 Å². The van der Waals surface area contributed by atoms with Crippen LogP contribution in [0.1, 0.15) is 22.5 Å². The summed E-state index contributed by atoms with van der Waals surface area (Å²) in [6.45, 7) is 0.779. The molecule has 1 aromatic heterocycles. The van der Waals surface area contributed by atoms with E-state index in [1.807, 2.05) is 6.07 Å². The van der Waals surface area contributed by atoms with E-state index < -0.39 is 24.6 Å². The lowest BCUT2D eigenvalue weighted by Crippen LogP contribution is -2.44. The number of thiophene rings is 1. The van der Waals surface area contributed by atoms with Crippen LogP contribution in [0.3, 0.4) is 0 Å². The topological polar surface area (TPSA) is 143 Å². The lowest BCUT2D eigenvalue weighted by molar-refractivity contribution is -0.139. The molecule has 206 valence electrons. The lowest BCUT2D eigenvalue weighted by Gasteiger charge is -2.30. The molecule has 0 bridgehead atoms. The maximum Gasteiger partial charge on any atom is 0.349 e. The number of amides is 1. The number of piperidine rings is 1. The third-order valence-corrected chi connectivity index (χ3v) is 7.82. The Morgan fingerprint density at radius 1 is 1.13 bits per heavy atom. The quantitative estimate of drug-likeness (QED) is 0.258. The smallest absolute Gasteiger partial charge is 0.349 e.